The van der Waals surface area contributed by atoms with Gasteiger partial charge in [-0.15, -0.1) is 0 Å². The summed E-state index contributed by atoms with van der Waals surface area (Å²) >= 11 is 5.95. The number of halogens is 2. The van der Waals surface area contributed by atoms with Gasteiger partial charge in [0.15, 0.2) is 0 Å². The van der Waals surface area contributed by atoms with Crippen molar-refractivity contribution in [1.82, 2.24) is 5.32 Å². The highest BCUT2D eigenvalue weighted by Crippen LogP contribution is 2.37. The molecule has 1 amide bonds. The van der Waals surface area contributed by atoms with Gasteiger partial charge in [0, 0.05) is 23.0 Å². The molecule has 30 heavy (non-hydrogen) atoms. The monoisotopic (exact) mass is 423 g/mol. The molecule has 0 aliphatic rings. The first-order chi connectivity index (χ1) is 14.4. The molecule has 0 bridgehead atoms. The van der Waals surface area contributed by atoms with Crippen molar-refractivity contribution in [2.75, 3.05) is 7.05 Å². The first kappa shape index (κ1) is 19.7. The molecule has 150 valence electrons. The first-order valence-corrected chi connectivity index (χ1v) is 9.34. The summed E-state index contributed by atoms with van der Waals surface area (Å²) in [4.78, 5) is 24.3. The van der Waals surface area contributed by atoms with E-state index >= 15 is 0 Å². The van der Waals surface area contributed by atoms with Crippen LogP contribution in [0.15, 0.2) is 65.1 Å². The van der Waals surface area contributed by atoms with Crippen LogP contribution in [0.4, 0.5) is 4.39 Å². The maximum atomic E-state index is 13.3. The second-order valence-electron chi connectivity index (χ2n) is 6.60. The third kappa shape index (κ3) is 3.42. The van der Waals surface area contributed by atoms with E-state index in [0.29, 0.717) is 38.4 Å². The summed E-state index contributed by atoms with van der Waals surface area (Å²) in [5.74, 6) is -1.59. The minimum atomic E-state index is -1.11. The maximum absolute atomic E-state index is 13.3. The molecule has 0 saturated carbocycles. The molecule has 2 N–H and O–H groups in total. The van der Waals surface area contributed by atoms with Crippen LogP contribution >= 0.6 is 11.6 Å². The Labute approximate surface area is 175 Å². The number of furan rings is 1. The Bertz CT molecular complexity index is 1290. The van der Waals surface area contributed by atoms with Crippen molar-refractivity contribution in [2.45, 2.75) is 0 Å². The molecule has 0 saturated heterocycles. The molecule has 3 aromatic carbocycles. The predicted octanol–water partition coefficient (Wildman–Crippen LogP) is 5.62. The van der Waals surface area contributed by atoms with Gasteiger partial charge in [0.1, 0.15) is 17.2 Å². The van der Waals surface area contributed by atoms with Gasteiger partial charge in [0.05, 0.1) is 11.1 Å². The Balaban J connectivity index is 1.97. The zero-order valence-corrected chi connectivity index (χ0v) is 16.5. The van der Waals surface area contributed by atoms with Crippen molar-refractivity contribution in [1.29, 1.82) is 0 Å². The number of carboxylic acid groups (broad SMARTS) is 1. The van der Waals surface area contributed by atoms with Crippen LogP contribution in [-0.4, -0.2) is 24.0 Å². The number of rotatable bonds is 4. The molecule has 7 heteroatoms. The molecule has 5 nitrogen and oxygen atoms in total. The minimum absolute atomic E-state index is 0.0468. The number of carbonyl (C=O) groups excluding carboxylic acids is 1. The zero-order chi connectivity index (χ0) is 21.4. The van der Waals surface area contributed by atoms with Crippen molar-refractivity contribution >= 4 is 34.4 Å². The van der Waals surface area contributed by atoms with Gasteiger partial charge in [-0.05, 0) is 59.7 Å². The second kappa shape index (κ2) is 7.65. The van der Waals surface area contributed by atoms with Gasteiger partial charge in [0.2, 0.25) is 0 Å². The Hall–Kier alpha value is -3.64. The van der Waals surface area contributed by atoms with Gasteiger partial charge in [-0.3, -0.25) is 4.79 Å². The van der Waals surface area contributed by atoms with Gasteiger partial charge in [0.25, 0.3) is 5.91 Å². The Kier molecular flexibility index (Phi) is 5.01. The summed E-state index contributed by atoms with van der Waals surface area (Å²) < 4.78 is 19.3. The zero-order valence-electron chi connectivity index (χ0n) is 15.7. The van der Waals surface area contributed by atoms with E-state index in [-0.39, 0.29) is 17.0 Å². The summed E-state index contributed by atoms with van der Waals surface area (Å²) in [6.07, 6.45) is 0. The van der Waals surface area contributed by atoms with Crippen molar-refractivity contribution in [3.8, 4) is 22.5 Å². The molecular formula is C23H15ClFNO4. The van der Waals surface area contributed by atoms with Crippen LogP contribution in [0, 0.1) is 5.82 Å². The highest BCUT2D eigenvalue weighted by atomic mass is 35.5. The summed E-state index contributed by atoms with van der Waals surface area (Å²) in [7, 11) is 1.50. The molecule has 0 atom stereocenters. The molecule has 0 aliphatic carbocycles. The summed E-state index contributed by atoms with van der Waals surface area (Å²) in [5, 5.41) is 13.0. The Morgan fingerprint density at radius 1 is 1.00 bits per heavy atom. The van der Waals surface area contributed by atoms with Crippen LogP contribution in [0.2, 0.25) is 5.02 Å². The van der Waals surface area contributed by atoms with E-state index in [1.807, 2.05) is 0 Å². The average molecular weight is 424 g/mol. The lowest BCUT2D eigenvalue weighted by atomic mass is 9.97. The minimum Gasteiger partial charge on any atom is -0.478 e. The second-order valence-corrected chi connectivity index (χ2v) is 7.03. The highest BCUT2D eigenvalue weighted by Gasteiger charge is 2.22. The molecular weight excluding hydrogens is 409 g/mol. The summed E-state index contributed by atoms with van der Waals surface area (Å²) in [5.41, 5.74) is 2.37. The fraction of sp³-hybridized carbons (Fsp3) is 0.0435. The summed E-state index contributed by atoms with van der Waals surface area (Å²) in [6, 6.07) is 15.3. The molecule has 0 radical (unpaired) electrons. The number of nitrogens with one attached hydrogen (secondary N) is 1. The Morgan fingerprint density at radius 3 is 2.37 bits per heavy atom. The van der Waals surface area contributed by atoms with Crippen LogP contribution in [0.1, 0.15) is 20.7 Å². The third-order valence-corrected chi connectivity index (χ3v) is 5.01. The number of hydrogen-bond donors (Lipinski definition) is 2. The van der Waals surface area contributed by atoms with E-state index in [2.05, 4.69) is 5.32 Å². The highest BCUT2D eigenvalue weighted by molar-refractivity contribution is 6.31. The molecule has 0 fully saturated rings. The smallest absolute Gasteiger partial charge is 0.336 e. The summed E-state index contributed by atoms with van der Waals surface area (Å²) in [6.45, 7) is 0. The molecule has 0 unspecified atom stereocenters. The van der Waals surface area contributed by atoms with E-state index in [0.717, 1.165) is 0 Å². The van der Waals surface area contributed by atoms with Crippen molar-refractivity contribution in [2.24, 2.45) is 0 Å². The number of carboxylic acids is 1. The lowest BCUT2D eigenvalue weighted by molar-refractivity contribution is 0.0697. The van der Waals surface area contributed by atoms with Crippen LogP contribution < -0.4 is 5.32 Å². The molecule has 0 spiro atoms. The number of amides is 1. The molecule has 1 heterocycles. The van der Waals surface area contributed by atoms with E-state index < -0.39 is 11.8 Å². The molecule has 4 aromatic rings. The van der Waals surface area contributed by atoms with E-state index in [4.69, 9.17) is 16.0 Å². The quantitative estimate of drug-likeness (QED) is 0.446. The normalized spacial score (nSPS) is 10.9. The fourth-order valence-corrected chi connectivity index (χ4v) is 3.54. The lowest BCUT2D eigenvalue weighted by Gasteiger charge is -2.07. The van der Waals surface area contributed by atoms with E-state index in [1.165, 1.54) is 37.4 Å². The maximum Gasteiger partial charge on any atom is 0.336 e. The van der Waals surface area contributed by atoms with Crippen molar-refractivity contribution in [3.05, 3.63) is 82.6 Å². The lowest BCUT2D eigenvalue weighted by Crippen LogP contribution is -2.18. The third-order valence-electron chi connectivity index (χ3n) is 4.77. The number of carbonyl (C=O) groups is 2. The van der Waals surface area contributed by atoms with E-state index in [9.17, 15) is 19.1 Å². The van der Waals surface area contributed by atoms with Gasteiger partial charge in [-0.1, -0.05) is 23.7 Å². The Morgan fingerprint density at radius 2 is 1.70 bits per heavy atom. The van der Waals surface area contributed by atoms with Gasteiger partial charge in [-0.25, -0.2) is 9.18 Å². The number of fused-ring (bicyclic) bond motifs is 1. The predicted molar refractivity (Wildman–Crippen MR) is 112 cm³/mol. The van der Waals surface area contributed by atoms with Crippen LogP contribution in [0.3, 0.4) is 0 Å². The van der Waals surface area contributed by atoms with E-state index in [1.54, 1.807) is 30.3 Å². The molecule has 0 aliphatic heterocycles. The van der Waals surface area contributed by atoms with Crippen LogP contribution in [-0.2, 0) is 0 Å². The standard InChI is InChI=1S/C23H15ClFNO4/c1-26-22(27)20-18-10-13(16-8-5-14(24)11-17(16)23(28)29)4-9-19(18)30-21(20)12-2-6-15(25)7-3-12/h2-11H,1H3,(H,26,27)(H,28,29). The number of hydrogen-bond acceptors (Lipinski definition) is 3. The van der Waals surface area contributed by atoms with Crippen molar-refractivity contribution < 1.29 is 23.5 Å². The number of aromatic carboxylic acids is 1. The SMILES string of the molecule is CNC(=O)c1c(-c2ccc(F)cc2)oc2ccc(-c3ccc(Cl)cc3C(=O)O)cc12. The number of benzene rings is 3. The molecule has 4 rings (SSSR count). The van der Waals surface area contributed by atoms with Crippen LogP contribution in [0.5, 0.6) is 0 Å². The first-order valence-electron chi connectivity index (χ1n) is 8.97. The van der Waals surface area contributed by atoms with Gasteiger partial charge < -0.3 is 14.8 Å². The average Bonchev–Trinajstić information content (AvgIpc) is 3.12. The van der Waals surface area contributed by atoms with Crippen LogP contribution in [0.25, 0.3) is 33.4 Å². The van der Waals surface area contributed by atoms with Gasteiger partial charge >= 0.3 is 5.97 Å². The largest absolute Gasteiger partial charge is 0.478 e. The molecule has 1 aromatic heterocycles. The topological polar surface area (TPSA) is 79.5 Å². The van der Waals surface area contributed by atoms with Gasteiger partial charge in [-0.2, -0.15) is 0 Å². The fourth-order valence-electron chi connectivity index (χ4n) is 3.37. The van der Waals surface area contributed by atoms with Crippen molar-refractivity contribution in [3.63, 3.8) is 0 Å².